The lowest BCUT2D eigenvalue weighted by molar-refractivity contribution is -0.0576. The average molecular weight is 222 g/mol. The number of Topliss-reactive ketones (excluding diaryl/α,β-unsaturated/α-hetero) is 1. The summed E-state index contributed by atoms with van der Waals surface area (Å²) in [5.41, 5.74) is 1.50. The number of hydrogen-bond acceptors (Lipinski definition) is 4. The SMILES string of the molecule is COc1cc(C)c2c(c1)OC(OC)CC2=O. The Bertz CT molecular complexity index is 425. The third-order valence-corrected chi connectivity index (χ3v) is 2.66. The van der Waals surface area contributed by atoms with Gasteiger partial charge in [-0.25, -0.2) is 0 Å². The highest BCUT2D eigenvalue weighted by atomic mass is 16.7. The second kappa shape index (κ2) is 4.14. The van der Waals surface area contributed by atoms with Crippen molar-refractivity contribution in [2.75, 3.05) is 14.2 Å². The maximum Gasteiger partial charge on any atom is 0.206 e. The number of rotatable bonds is 2. The molecule has 1 aliphatic rings. The molecule has 0 bridgehead atoms. The fraction of sp³-hybridized carbons (Fsp3) is 0.417. The van der Waals surface area contributed by atoms with Crippen LogP contribution in [0.25, 0.3) is 0 Å². The van der Waals surface area contributed by atoms with E-state index in [1.54, 1.807) is 13.2 Å². The first kappa shape index (κ1) is 11.0. The van der Waals surface area contributed by atoms with Crippen molar-refractivity contribution in [3.63, 3.8) is 0 Å². The molecule has 1 aromatic carbocycles. The van der Waals surface area contributed by atoms with E-state index in [1.807, 2.05) is 13.0 Å². The molecule has 0 aliphatic carbocycles. The fourth-order valence-electron chi connectivity index (χ4n) is 1.86. The Hall–Kier alpha value is -1.55. The third kappa shape index (κ3) is 1.76. The number of carbonyl (C=O) groups excluding carboxylic acids is 1. The lowest BCUT2D eigenvalue weighted by Crippen LogP contribution is -2.28. The summed E-state index contributed by atoms with van der Waals surface area (Å²) < 4.78 is 15.7. The largest absolute Gasteiger partial charge is 0.497 e. The van der Waals surface area contributed by atoms with Gasteiger partial charge in [-0.3, -0.25) is 4.79 Å². The van der Waals surface area contributed by atoms with Gasteiger partial charge < -0.3 is 14.2 Å². The standard InChI is InChI=1S/C12H14O4/c1-7-4-8(14-2)5-10-12(7)9(13)6-11(15-3)16-10/h4-5,11H,6H2,1-3H3. The van der Waals surface area contributed by atoms with Gasteiger partial charge in [0.1, 0.15) is 11.5 Å². The van der Waals surface area contributed by atoms with E-state index in [0.717, 1.165) is 5.56 Å². The highest BCUT2D eigenvalue weighted by Gasteiger charge is 2.28. The van der Waals surface area contributed by atoms with Gasteiger partial charge in [-0.15, -0.1) is 0 Å². The maximum absolute atomic E-state index is 11.9. The van der Waals surface area contributed by atoms with Gasteiger partial charge >= 0.3 is 0 Å². The van der Waals surface area contributed by atoms with E-state index in [-0.39, 0.29) is 12.2 Å². The normalized spacial score (nSPS) is 18.9. The van der Waals surface area contributed by atoms with Crippen molar-refractivity contribution in [2.24, 2.45) is 0 Å². The number of hydrogen-bond donors (Lipinski definition) is 0. The van der Waals surface area contributed by atoms with Gasteiger partial charge in [-0.1, -0.05) is 0 Å². The molecule has 0 fully saturated rings. The van der Waals surface area contributed by atoms with E-state index >= 15 is 0 Å². The van der Waals surface area contributed by atoms with Crippen molar-refractivity contribution in [2.45, 2.75) is 19.6 Å². The van der Waals surface area contributed by atoms with Crippen LogP contribution >= 0.6 is 0 Å². The molecule has 16 heavy (non-hydrogen) atoms. The third-order valence-electron chi connectivity index (χ3n) is 2.66. The lowest BCUT2D eigenvalue weighted by Gasteiger charge is -2.25. The molecular weight excluding hydrogens is 208 g/mol. The van der Waals surface area contributed by atoms with Crippen LogP contribution in [0.3, 0.4) is 0 Å². The summed E-state index contributed by atoms with van der Waals surface area (Å²) in [5, 5.41) is 0. The van der Waals surface area contributed by atoms with Gasteiger partial charge in [0.2, 0.25) is 6.29 Å². The predicted molar refractivity (Wildman–Crippen MR) is 58.1 cm³/mol. The topological polar surface area (TPSA) is 44.8 Å². The van der Waals surface area contributed by atoms with E-state index in [1.165, 1.54) is 7.11 Å². The number of carbonyl (C=O) groups is 1. The van der Waals surface area contributed by atoms with Crippen molar-refractivity contribution in [3.05, 3.63) is 23.3 Å². The summed E-state index contributed by atoms with van der Waals surface area (Å²) in [6.45, 7) is 1.87. The number of benzene rings is 1. The van der Waals surface area contributed by atoms with Crippen LogP contribution < -0.4 is 9.47 Å². The Kier molecular flexibility index (Phi) is 2.83. The van der Waals surface area contributed by atoms with Crippen molar-refractivity contribution in [1.82, 2.24) is 0 Å². The summed E-state index contributed by atoms with van der Waals surface area (Å²) in [6.07, 6.45) is -0.233. The molecular formula is C12H14O4. The van der Waals surface area contributed by atoms with Crippen molar-refractivity contribution in [1.29, 1.82) is 0 Å². The van der Waals surface area contributed by atoms with Gasteiger partial charge in [-0.2, -0.15) is 0 Å². The minimum absolute atomic E-state index is 0.0493. The molecule has 0 amide bonds. The van der Waals surface area contributed by atoms with Crippen LogP contribution in [0.15, 0.2) is 12.1 Å². The van der Waals surface area contributed by atoms with Gasteiger partial charge in [0, 0.05) is 13.2 Å². The van der Waals surface area contributed by atoms with Crippen LogP contribution in [0.4, 0.5) is 0 Å². The second-order valence-corrected chi connectivity index (χ2v) is 3.73. The number of fused-ring (bicyclic) bond motifs is 1. The number of methoxy groups -OCH3 is 2. The van der Waals surface area contributed by atoms with Gasteiger partial charge in [0.15, 0.2) is 5.78 Å². The molecule has 0 aromatic heterocycles. The van der Waals surface area contributed by atoms with Crippen molar-refractivity contribution >= 4 is 5.78 Å². The Morgan fingerprint density at radius 2 is 2.12 bits per heavy atom. The Balaban J connectivity index is 2.47. The molecule has 1 unspecified atom stereocenters. The Morgan fingerprint density at radius 3 is 2.75 bits per heavy atom. The predicted octanol–water partition coefficient (Wildman–Crippen LogP) is 1.94. The van der Waals surface area contributed by atoms with E-state index < -0.39 is 6.29 Å². The van der Waals surface area contributed by atoms with Crippen LogP contribution in [0.1, 0.15) is 22.3 Å². The molecule has 0 saturated carbocycles. The number of ether oxygens (including phenoxy) is 3. The zero-order valence-corrected chi connectivity index (χ0v) is 9.57. The maximum atomic E-state index is 11.9. The summed E-state index contributed by atoms with van der Waals surface area (Å²) in [5.74, 6) is 1.27. The molecule has 0 radical (unpaired) electrons. The molecule has 4 nitrogen and oxygen atoms in total. The zero-order valence-electron chi connectivity index (χ0n) is 9.57. The van der Waals surface area contributed by atoms with E-state index in [0.29, 0.717) is 17.1 Å². The fourth-order valence-corrected chi connectivity index (χ4v) is 1.86. The molecule has 86 valence electrons. The van der Waals surface area contributed by atoms with Gasteiger partial charge in [0.05, 0.1) is 19.1 Å². The second-order valence-electron chi connectivity index (χ2n) is 3.73. The van der Waals surface area contributed by atoms with Crippen molar-refractivity contribution in [3.8, 4) is 11.5 Å². The summed E-state index contributed by atoms with van der Waals surface area (Å²) in [4.78, 5) is 11.9. The number of ketones is 1. The van der Waals surface area contributed by atoms with Crippen LogP contribution in [-0.4, -0.2) is 26.3 Å². The molecule has 0 spiro atoms. The monoisotopic (exact) mass is 222 g/mol. The summed E-state index contributed by atoms with van der Waals surface area (Å²) >= 11 is 0. The Labute approximate surface area is 94.1 Å². The lowest BCUT2D eigenvalue weighted by atomic mass is 9.99. The number of aryl methyl sites for hydroxylation is 1. The molecule has 1 aliphatic heterocycles. The molecule has 0 saturated heterocycles. The molecule has 2 rings (SSSR count). The average Bonchev–Trinajstić information content (AvgIpc) is 2.27. The van der Waals surface area contributed by atoms with Crippen LogP contribution in [-0.2, 0) is 4.74 Å². The highest BCUT2D eigenvalue weighted by Crippen LogP contribution is 2.34. The first-order chi connectivity index (χ1) is 7.65. The van der Waals surface area contributed by atoms with Gasteiger partial charge in [0.25, 0.3) is 0 Å². The smallest absolute Gasteiger partial charge is 0.206 e. The van der Waals surface area contributed by atoms with Crippen LogP contribution in [0.5, 0.6) is 11.5 Å². The van der Waals surface area contributed by atoms with E-state index in [9.17, 15) is 4.79 Å². The molecule has 4 heteroatoms. The highest BCUT2D eigenvalue weighted by molar-refractivity contribution is 6.01. The van der Waals surface area contributed by atoms with Gasteiger partial charge in [-0.05, 0) is 18.6 Å². The van der Waals surface area contributed by atoms with Crippen LogP contribution in [0, 0.1) is 6.92 Å². The minimum atomic E-state index is -0.494. The first-order valence-electron chi connectivity index (χ1n) is 5.07. The molecule has 1 heterocycles. The molecule has 1 aromatic rings. The Morgan fingerprint density at radius 1 is 1.38 bits per heavy atom. The van der Waals surface area contributed by atoms with Crippen molar-refractivity contribution < 1.29 is 19.0 Å². The molecule has 0 N–H and O–H groups in total. The minimum Gasteiger partial charge on any atom is -0.497 e. The van der Waals surface area contributed by atoms with E-state index in [2.05, 4.69) is 0 Å². The summed E-state index contributed by atoms with van der Waals surface area (Å²) in [6, 6.07) is 3.54. The zero-order chi connectivity index (χ0) is 11.7. The molecule has 1 atom stereocenters. The van der Waals surface area contributed by atoms with Crippen LogP contribution in [0.2, 0.25) is 0 Å². The van der Waals surface area contributed by atoms with E-state index in [4.69, 9.17) is 14.2 Å². The first-order valence-corrected chi connectivity index (χ1v) is 5.07. The quantitative estimate of drug-likeness (QED) is 0.767. The summed E-state index contributed by atoms with van der Waals surface area (Å²) in [7, 11) is 3.11.